The number of carbonyl (C=O) groups excluding carboxylic acids is 1. The largest absolute Gasteiger partial charge is 0.461 e. The predicted molar refractivity (Wildman–Crippen MR) is 122 cm³/mol. The van der Waals surface area contributed by atoms with Gasteiger partial charge in [-0.1, -0.05) is 36.0 Å². The first-order chi connectivity index (χ1) is 15.2. The van der Waals surface area contributed by atoms with E-state index in [-0.39, 0.29) is 11.7 Å². The molecule has 3 heterocycles. The highest BCUT2D eigenvalue weighted by Gasteiger charge is 2.16. The van der Waals surface area contributed by atoms with E-state index in [1.54, 1.807) is 12.5 Å². The van der Waals surface area contributed by atoms with Crippen LogP contribution in [0, 0.1) is 0 Å². The molecule has 0 atom stereocenters. The summed E-state index contributed by atoms with van der Waals surface area (Å²) in [5.41, 5.74) is 2.59. The van der Waals surface area contributed by atoms with Gasteiger partial charge in [0.15, 0.2) is 16.7 Å². The Hall–Kier alpha value is -3.65. The molecule has 0 aliphatic carbocycles. The summed E-state index contributed by atoms with van der Waals surface area (Å²) in [7, 11) is 0. The van der Waals surface area contributed by atoms with Crippen LogP contribution in [0.25, 0.3) is 23.7 Å². The van der Waals surface area contributed by atoms with Gasteiger partial charge in [-0.2, -0.15) is 0 Å². The Morgan fingerprint density at radius 2 is 2.06 bits per heavy atom. The van der Waals surface area contributed by atoms with Crippen LogP contribution in [0.1, 0.15) is 18.2 Å². The van der Waals surface area contributed by atoms with Crippen LogP contribution < -0.4 is 5.32 Å². The van der Waals surface area contributed by atoms with Crippen molar-refractivity contribution in [3.63, 3.8) is 0 Å². The Labute approximate surface area is 184 Å². The van der Waals surface area contributed by atoms with Gasteiger partial charge in [-0.05, 0) is 55.0 Å². The van der Waals surface area contributed by atoms with E-state index in [1.807, 2.05) is 78.2 Å². The van der Waals surface area contributed by atoms with Crippen molar-refractivity contribution in [2.45, 2.75) is 18.6 Å². The average Bonchev–Trinajstić information content (AvgIpc) is 3.46. The van der Waals surface area contributed by atoms with Crippen LogP contribution >= 0.6 is 11.8 Å². The zero-order chi connectivity index (χ0) is 21.5. The fourth-order valence-electron chi connectivity index (χ4n) is 2.97. The Morgan fingerprint density at radius 1 is 1.13 bits per heavy atom. The number of nitrogens with one attached hydrogen (secondary N) is 1. The SMILES string of the molecule is CCn1c(SCC(=O)Nc2cccc(/C=C/c3ccccn3)c2)nnc1-c1ccco1. The van der Waals surface area contributed by atoms with E-state index in [2.05, 4.69) is 20.5 Å². The number of anilines is 1. The molecule has 0 fully saturated rings. The quantitative estimate of drug-likeness (QED) is 0.401. The van der Waals surface area contributed by atoms with Crippen molar-refractivity contribution in [1.29, 1.82) is 0 Å². The minimum Gasteiger partial charge on any atom is -0.461 e. The van der Waals surface area contributed by atoms with Gasteiger partial charge >= 0.3 is 0 Å². The molecular formula is C23H21N5O2S. The second kappa shape index (κ2) is 9.90. The highest BCUT2D eigenvalue weighted by atomic mass is 32.2. The maximum absolute atomic E-state index is 12.5. The maximum atomic E-state index is 12.5. The standard InChI is InChI=1S/C23H21N5O2S/c1-2-28-22(20-10-6-14-30-20)26-27-23(28)31-16-21(29)25-19-9-5-7-17(15-19)11-12-18-8-3-4-13-24-18/h3-15H,2,16H2,1H3,(H,25,29)/b12-11+. The zero-order valence-corrected chi connectivity index (χ0v) is 17.7. The molecule has 1 amide bonds. The number of furan rings is 1. The van der Waals surface area contributed by atoms with Gasteiger partial charge in [0.05, 0.1) is 17.7 Å². The lowest BCUT2D eigenvalue weighted by Crippen LogP contribution is -2.14. The third-order valence-electron chi connectivity index (χ3n) is 4.41. The molecule has 0 saturated heterocycles. The highest BCUT2D eigenvalue weighted by molar-refractivity contribution is 7.99. The fourth-order valence-corrected chi connectivity index (χ4v) is 3.77. The Balaban J connectivity index is 1.37. The van der Waals surface area contributed by atoms with E-state index in [4.69, 9.17) is 4.42 Å². The van der Waals surface area contributed by atoms with Gasteiger partial charge in [0.25, 0.3) is 0 Å². The number of amides is 1. The normalized spacial score (nSPS) is 11.1. The van der Waals surface area contributed by atoms with Gasteiger partial charge in [-0.25, -0.2) is 0 Å². The molecule has 0 aliphatic rings. The topological polar surface area (TPSA) is 85.8 Å². The molecule has 3 aromatic heterocycles. The number of nitrogens with zero attached hydrogens (tertiary/aromatic N) is 4. The number of benzene rings is 1. The first-order valence-corrected chi connectivity index (χ1v) is 10.8. The van der Waals surface area contributed by atoms with Crippen LogP contribution in [0.2, 0.25) is 0 Å². The molecule has 156 valence electrons. The molecule has 0 spiro atoms. The molecule has 0 radical (unpaired) electrons. The van der Waals surface area contributed by atoms with Crippen molar-refractivity contribution in [2.24, 2.45) is 0 Å². The molecule has 0 bridgehead atoms. The van der Waals surface area contributed by atoms with Crippen molar-refractivity contribution < 1.29 is 9.21 Å². The lowest BCUT2D eigenvalue weighted by Gasteiger charge is -2.07. The minimum absolute atomic E-state index is 0.110. The predicted octanol–water partition coefficient (Wildman–Crippen LogP) is 4.85. The molecule has 8 heteroatoms. The molecule has 0 unspecified atom stereocenters. The second-order valence-electron chi connectivity index (χ2n) is 6.58. The van der Waals surface area contributed by atoms with Crippen molar-refractivity contribution >= 4 is 35.5 Å². The minimum atomic E-state index is -0.110. The summed E-state index contributed by atoms with van der Waals surface area (Å²) in [5.74, 6) is 1.43. The van der Waals surface area contributed by atoms with Gasteiger partial charge in [-0.3, -0.25) is 14.3 Å². The third-order valence-corrected chi connectivity index (χ3v) is 5.38. The number of rotatable bonds is 8. The summed E-state index contributed by atoms with van der Waals surface area (Å²) in [5, 5.41) is 12.0. The molecule has 4 rings (SSSR count). The number of hydrogen-bond donors (Lipinski definition) is 1. The van der Waals surface area contributed by atoms with E-state index < -0.39 is 0 Å². The smallest absolute Gasteiger partial charge is 0.234 e. The van der Waals surface area contributed by atoms with Gasteiger partial charge in [-0.15, -0.1) is 10.2 Å². The highest BCUT2D eigenvalue weighted by Crippen LogP contribution is 2.24. The molecule has 0 aliphatic heterocycles. The summed E-state index contributed by atoms with van der Waals surface area (Å²) in [6.45, 7) is 2.68. The Bertz CT molecular complexity index is 1170. The lowest BCUT2D eigenvalue weighted by atomic mass is 10.1. The summed E-state index contributed by atoms with van der Waals surface area (Å²) < 4.78 is 7.35. The molecular weight excluding hydrogens is 410 g/mol. The number of aromatic nitrogens is 4. The summed E-state index contributed by atoms with van der Waals surface area (Å²) in [4.78, 5) is 16.7. The van der Waals surface area contributed by atoms with Gasteiger partial charge in [0.1, 0.15) is 0 Å². The number of hydrogen-bond acceptors (Lipinski definition) is 6. The third kappa shape index (κ3) is 5.29. The Kier molecular flexibility index (Phi) is 6.59. The molecule has 0 saturated carbocycles. The van der Waals surface area contributed by atoms with Gasteiger partial charge < -0.3 is 9.73 Å². The zero-order valence-electron chi connectivity index (χ0n) is 16.9. The number of thioether (sulfide) groups is 1. The molecule has 4 aromatic rings. The Morgan fingerprint density at radius 3 is 2.84 bits per heavy atom. The van der Waals surface area contributed by atoms with E-state index in [0.717, 1.165) is 16.9 Å². The molecule has 1 aromatic carbocycles. The maximum Gasteiger partial charge on any atom is 0.234 e. The summed E-state index contributed by atoms with van der Waals surface area (Å²) in [6, 6.07) is 17.1. The summed E-state index contributed by atoms with van der Waals surface area (Å²) in [6.07, 6.45) is 7.26. The number of carbonyl (C=O) groups is 1. The first kappa shape index (κ1) is 20.6. The van der Waals surface area contributed by atoms with E-state index in [0.29, 0.717) is 23.3 Å². The van der Waals surface area contributed by atoms with E-state index >= 15 is 0 Å². The fraction of sp³-hybridized carbons (Fsp3) is 0.130. The second-order valence-corrected chi connectivity index (χ2v) is 7.52. The van der Waals surface area contributed by atoms with Crippen LogP contribution in [0.3, 0.4) is 0 Å². The molecule has 31 heavy (non-hydrogen) atoms. The average molecular weight is 432 g/mol. The van der Waals surface area contributed by atoms with Gasteiger partial charge in [0, 0.05) is 18.4 Å². The van der Waals surface area contributed by atoms with Crippen molar-refractivity contribution in [1.82, 2.24) is 19.7 Å². The van der Waals surface area contributed by atoms with Crippen LogP contribution in [0.5, 0.6) is 0 Å². The summed E-state index contributed by atoms with van der Waals surface area (Å²) >= 11 is 1.34. The van der Waals surface area contributed by atoms with Crippen molar-refractivity contribution in [3.8, 4) is 11.6 Å². The van der Waals surface area contributed by atoms with E-state index in [9.17, 15) is 4.79 Å². The van der Waals surface area contributed by atoms with Crippen LogP contribution in [-0.4, -0.2) is 31.4 Å². The molecule has 1 N–H and O–H groups in total. The van der Waals surface area contributed by atoms with Gasteiger partial charge in [0.2, 0.25) is 5.91 Å². The molecule has 7 nitrogen and oxygen atoms in total. The van der Waals surface area contributed by atoms with Crippen LogP contribution in [0.15, 0.2) is 76.6 Å². The first-order valence-electron chi connectivity index (χ1n) is 9.82. The van der Waals surface area contributed by atoms with Crippen molar-refractivity contribution in [2.75, 3.05) is 11.1 Å². The van der Waals surface area contributed by atoms with Crippen LogP contribution in [-0.2, 0) is 11.3 Å². The lowest BCUT2D eigenvalue weighted by molar-refractivity contribution is -0.113. The monoisotopic (exact) mass is 431 g/mol. The number of pyridine rings is 1. The van der Waals surface area contributed by atoms with Crippen molar-refractivity contribution in [3.05, 3.63) is 78.3 Å². The van der Waals surface area contributed by atoms with E-state index in [1.165, 1.54) is 11.8 Å². The van der Waals surface area contributed by atoms with Crippen LogP contribution in [0.4, 0.5) is 5.69 Å².